The molecule has 3 N–H and O–H groups in total. The fourth-order valence-electron chi connectivity index (χ4n) is 1.59. The van der Waals surface area contributed by atoms with E-state index >= 15 is 0 Å². The van der Waals surface area contributed by atoms with Crippen molar-refractivity contribution in [2.45, 2.75) is 6.92 Å². The third-order valence-electron chi connectivity index (χ3n) is 2.56. The summed E-state index contributed by atoms with van der Waals surface area (Å²) in [7, 11) is 0. The van der Waals surface area contributed by atoms with Crippen LogP contribution in [0.5, 0.6) is 0 Å². The quantitative estimate of drug-likeness (QED) is 0.913. The van der Waals surface area contributed by atoms with Crippen LogP contribution < -0.4 is 11.1 Å². The zero-order valence-electron chi connectivity index (χ0n) is 10.1. The van der Waals surface area contributed by atoms with E-state index in [-0.39, 0.29) is 16.5 Å². The average molecular weight is 295 g/mol. The van der Waals surface area contributed by atoms with Gasteiger partial charge in [-0.15, -0.1) is 11.3 Å². The van der Waals surface area contributed by atoms with Crippen molar-refractivity contribution in [3.63, 3.8) is 0 Å². The van der Waals surface area contributed by atoms with Crippen LogP contribution in [-0.2, 0) is 0 Å². The van der Waals surface area contributed by atoms with Crippen molar-refractivity contribution in [2.75, 3.05) is 5.32 Å². The monoisotopic (exact) mass is 294 g/mol. The summed E-state index contributed by atoms with van der Waals surface area (Å²) in [6, 6.07) is 6.46. The summed E-state index contributed by atoms with van der Waals surface area (Å²) in [5.74, 6) is -0.799. The first-order valence-electron chi connectivity index (χ1n) is 5.44. The van der Waals surface area contributed by atoms with Crippen molar-refractivity contribution in [3.05, 3.63) is 50.7 Å². The second kappa shape index (κ2) is 5.42. The number of thiophene rings is 1. The highest BCUT2D eigenvalue weighted by Crippen LogP contribution is 2.22. The maximum atomic E-state index is 12.0. The Morgan fingerprint density at radius 1 is 1.32 bits per heavy atom. The number of anilines is 1. The lowest BCUT2D eigenvalue weighted by molar-refractivity contribution is 0.0998. The molecule has 0 fully saturated rings. The van der Waals surface area contributed by atoms with Gasteiger partial charge in [-0.05, 0) is 42.1 Å². The molecule has 6 heteroatoms. The van der Waals surface area contributed by atoms with Crippen LogP contribution in [0, 0.1) is 6.92 Å². The van der Waals surface area contributed by atoms with Crippen molar-refractivity contribution in [3.8, 4) is 0 Å². The molecule has 0 spiro atoms. The fraction of sp³-hybridized carbons (Fsp3) is 0.0769. The van der Waals surface area contributed by atoms with E-state index < -0.39 is 5.91 Å². The number of rotatable bonds is 3. The Hall–Kier alpha value is -1.85. The first kappa shape index (κ1) is 13.6. The number of primary amides is 1. The average Bonchev–Trinajstić information content (AvgIpc) is 2.75. The third kappa shape index (κ3) is 2.94. The van der Waals surface area contributed by atoms with Gasteiger partial charge in [0.25, 0.3) is 5.91 Å². The van der Waals surface area contributed by atoms with Gasteiger partial charge in [0.05, 0.1) is 15.5 Å². The molecule has 2 aromatic rings. The minimum Gasteiger partial charge on any atom is -0.366 e. The van der Waals surface area contributed by atoms with Crippen LogP contribution in [0.1, 0.15) is 25.6 Å². The predicted octanol–water partition coefficient (Wildman–Crippen LogP) is 3.06. The number of nitrogens with two attached hydrogens (primary N) is 1. The Morgan fingerprint density at radius 2 is 2.05 bits per heavy atom. The van der Waals surface area contributed by atoms with E-state index in [1.807, 2.05) is 18.4 Å². The van der Waals surface area contributed by atoms with Crippen molar-refractivity contribution in [1.29, 1.82) is 0 Å². The van der Waals surface area contributed by atoms with Gasteiger partial charge in [0.15, 0.2) is 0 Å². The number of amides is 2. The van der Waals surface area contributed by atoms with Gasteiger partial charge < -0.3 is 11.1 Å². The van der Waals surface area contributed by atoms with Gasteiger partial charge >= 0.3 is 0 Å². The van der Waals surface area contributed by atoms with Crippen molar-refractivity contribution < 1.29 is 9.59 Å². The summed E-state index contributed by atoms with van der Waals surface area (Å²) in [5, 5.41) is 4.80. The third-order valence-corrected chi connectivity index (χ3v) is 3.89. The van der Waals surface area contributed by atoms with Crippen LogP contribution in [-0.4, -0.2) is 11.8 Å². The molecule has 4 nitrogen and oxygen atoms in total. The summed E-state index contributed by atoms with van der Waals surface area (Å²) in [4.78, 5) is 23.7. The molecule has 0 aliphatic rings. The van der Waals surface area contributed by atoms with Gasteiger partial charge in [-0.25, -0.2) is 0 Å². The largest absolute Gasteiger partial charge is 0.366 e. The number of hydrogen-bond donors (Lipinski definition) is 2. The van der Waals surface area contributed by atoms with Gasteiger partial charge in [-0.2, -0.15) is 0 Å². The molecule has 2 rings (SSSR count). The summed E-state index contributed by atoms with van der Waals surface area (Å²) in [6.07, 6.45) is 0. The Labute approximate surface area is 119 Å². The number of nitrogens with one attached hydrogen (secondary N) is 1. The summed E-state index contributed by atoms with van der Waals surface area (Å²) in [6.45, 7) is 1.87. The van der Waals surface area contributed by atoms with E-state index in [0.29, 0.717) is 10.6 Å². The van der Waals surface area contributed by atoms with Gasteiger partial charge in [0.1, 0.15) is 0 Å². The molecule has 0 atom stereocenters. The molecule has 19 heavy (non-hydrogen) atoms. The van der Waals surface area contributed by atoms with Crippen LogP contribution in [0.15, 0.2) is 29.6 Å². The van der Waals surface area contributed by atoms with E-state index in [9.17, 15) is 9.59 Å². The standard InChI is InChI=1S/C13H11ClN2O2S/c1-7-4-5-19-11(7)13(18)16-8-2-3-9(12(15)17)10(14)6-8/h2-6H,1H3,(H2,15,17)(H,16,18). The number of benzene rings is 1. The van der Waals surface area contributed by atoms with Crippen LogP contribution in [0.25, 0.3) is 0 Å². The number of halogens is 1. The lowest BCUT2D eigenvalue weighted by Crippen LogP contribution is -2.13. The highest BCUT2D eigenvalue weighted by molar-refractivity contribution is 7.12. The molecule has 98 valence electrons. The van der Waals surface area contributed by atoms with Crippen molar-refractivity contribution in [2.24, 2.45) is 5.73 Å². The highest BCUT2D eigenvalue weighted by atomic mass is 35.5. The normalized spacial score (nSPS) is 10.2. The minimum absolute atomic E-state index is 0.199. The van der Waals surface area contributed by atoms with E-state index in [4.69, 9.17) is 17.3 Å². The zero-order chi connectivity index (χ0) is 14.0. The number of hydrogen-bond acceptors (Lipinski definition) is 3. The van der Waals surface area contributed by atoms with E-state index in [0.717, 1.165) is 5.56 Å². The SMILES string of the molecule is Cc1ccsc1C(=O)Nc1ccc(C(N)=O)c(Cl)c1. The lowest BCUT2D eigenvalue weighted by Gasteiger charge is -2.06. The molecule has 0 bridgehead atoms. The second-order valence-corrected chi connectivity index (χ2v) is 5.27. The smallest absolute Gasteiger partial charge is 0.265 e. The second-order valence-electron chi connectivity index (χ2n) is 3.95. The zero-order valence-corrected chi connectivity index (χ0v) is 11.6. The predicted molar refractivity (Wildman–Crippen MR) is 77.0 cm³/mol. The number of carbonyl (C=O) groups is 2. The molecule has 0 saturated heterocycles. The number of aryl methyl sites for hydroxylation is 1. The van der Waals surface area contributed by atoms with Crippen molar-refractivity contribution in [1.82, 2.24) is 0 Å². The molecule has 1 aromatic carbocycles. The summed E-state index contributed by atoms with van der Waals surface area (Å²) in [5.41, 5.74) is 6.82. The van der Waals surface area contributed by atoms with E-state index in [1.165, 1.54) is 23.5 Å². The first-order chi connectivity index (χ1) is 8.99. The Kier molecular flexibility index (Phi) is 3.87. The summed E-state index contributed by atoms with van der Waals surface area (Å²) >= 11 is 7.28. The molecule has 0 aliphatic heterocycles. The Bertz CT molecular complexity index is 652. The molecule has 2 amide bonds. The van der Waals surface area contributed by atoms with E-state index in [2.05, 4.69) is 5.32 Å². The molecule has 0 radical (unpaired) electrons. The van der Waals surface area contributed by atoms with Gasteiger partial charge in [0, 0.05) is 5.69 Å². The van der Waals surface area contributed by atoms with E-state index in [1.54, 1.807) is 6.07 Å². The molecular formula is C13H11ClN2O2S. The summed E-state index contributed by atoms with van der Waals surface area (Å²) < 4.78 is 0. The van der Waals surface area contributed by atoms with Crippen molar-refractivity contribution >= 4 is 40.4 Å². The van der Waals surface area contributed by atoms with Crippen LogP contribution in [0.4, 0.5) is 5.69 Å². The van der Waals surface area contributed by atoms with Crippen LogP contribution in [0.2, 0.25) is 5.02 Å². The fourth-order valence-corrected chi connectivity index (χ4v) is 2.68. The lowest BCUT2D eigenvalue weighted by atomic mass is 10.2. The molecular weight excluding hydrogens is 284 g/mol. The van der Waals surface area contributed by atoms with Crippen LogP contribution in [0.3, 0.4) is 0 Å². The molecule has 1 aromatic heterocycles. The molecule has 0 unspecified atom stereocenters. The van der Waals surface area contributed by atoms with Gasteiger partial charge in [-0.3, -0.25) is 9.59 Å². The van der Waals surface area contributed by atoms with Gasteiger partial charge in [-0.1, -0.05) is 11.6 Å². The maximum Gasteiger partial charge on any atom is 0.265 e. The van der Waals surface area contributed by atoms with Gasteiger partial charge in [0.2, 0.25) is 5.91 Å². The van der Waals surface area contributed by atoms with Crippen LogP contribution >= 0.6 is 22.9 Å². The Morgan fingerprint density at radius 3 is 2.58 bits per heavy atom. The number of carbonyl (C=O) groups excluding carboxylic acids is 2. The maximum absolute atomic E-state index is 12.0. The Balaban J connectivity index is 2.21. The molecule has 0 aliphatic carbocycles. The minimum atomic E-state index is -0.600. The molecule has 1 heterocycles. The molecule has 0 saturated carbocycles. The first-order valence-corrected chi connectivity index (χ1v) is 6.69. The topological polar surface area (TPSA) is 72.2 Å². The highest BCUT2D eigenvalue weighted by Gasteiger charge is 2.12.